The van der Waals surface area contributed by atoms with Crippen molar-refractivity contribution in [3.63, 3.8) is 0 Å². The Labute approximate surface area is 156 Å². The summed E-state index contributed by atoms with van der Waals surface area (Å²) in [5.74, 6) is -0.860. The first-order chi connectivity index (χ1) is 12.0. The Balaban J connectivity index is 1.70. The quantitative estimate of drug-likeness (QED) is 0.641. The molecule has 0 aliphatic rings. The third-order valence-corrected chi connectivity index (χ3v) is 4.92. The number of pyridine rings is 1. The van der Waals surface area contributed by atoms with E-state index in [0.29, 0.717) is 20.6 Å². The number of hydrogen-bond acceptors (Lipinski definition) is 5. The van der Waals surface area contributed by atoms with Crippen molar-refractivity contribution in [3.05, 3.63) is 69.4 Å². The maximum absolute atomic E-state index is 12.3. The summed E-state index contributed by atoms with van der Waals surface area (Å²) in [5.41, 5.74) is 6.68. The van der Waals surface area contributed by atoms with Crippen molar-refractivity contribution in [2.45, 2.75) is 6.92 Å². The fourth-order valence-corrected chi connectivity index (χ4v) is 3.42. The zero-order chi connectivity index (χ0) is 17.8. The second-order valence-electron chi connectivity index (χ2n) is 5.10. The van der Waals surface area contributed by atoms with Crippen LogP contribution in [0.3, 0.4) is 0 Å². The fraction of sp³-hybridized carbons (Fsp3) is 0.0588. The summed E-state index contributed by atoms with van der Waals surface area (Å²) in [6.45, 7) is 1.76. The fourth-order valence-electron chi connectivity index (χ4n) is 2.09. The van der Waals surface area contributed by atoms with Crippen molar-refractivity contribution in [2.75, 3.05) is 0 Å². The van der Waals surface area contributed by atoms with Crippen molar-refractivity contribution < 1.29 is 9.59 Å². The predicted octanol–water partition coefficient (Wildman–Crippen LogP) is 3.35. The summed E-state index contributed by atoms with van der Waals surface area (Å²) < 4.78 is 0.678. The molecule has 0 aliphatic carbocycles. The van der Waals surface area contributed by atoms with Crippen LogP contribution in [0.4, 0.5) is 0 Å². The molecule has 0 fully saturated rings. The maximum Gasteiger partial charge on any atom is 0.281 e. The molecule has 8 heteroatoms. The lowest BCUT2D eigenvalue weighted by Crippen LogP contribution is -2.41. The number of aromatic nitrogens is 2. The Morgan fingerprint density at radius 3 is 2.52 bits per heavy atom. The molecule has 2 aromatic heterocycles. The van der Waals surface area contributed by atoms with Crippen LogP contribution >= 0.6 is 27.3 Å². The molecular formula is C17H13BrN4O2S. The van der Waals surface area contributed by atoms with Gasteiger partial charge >= 0.3 is 0 Å². The Kier molecular flexibility index (Phi) is 5.20. The van der Waals surface area contributed by atoms with E-state index >= 15 is 0 Å². The van der Waals surface area contributed by atoms with Gasteiger partial charge in [-0.25, -0.2) is 4.98 Å². The van der Waals surface area contributed by atoms with E-state index in [1.807, 2.05) is 30.3 Å². The minimum absolute atomic E-state index is 0.334. The molecule has 0 bridgehead atoms. The van der Waals surface area contributed by atoms with Crippen molar-refractivity contribution >= 4 is 39.1 Å². The number of rotatable bonds is 3. The number of halogens is 1. The van der Waals surface area contributed by atoms with Crippen LogP contribution in [0.5, 0.6) is 0 Å². The van der Waals surface area contributed by atoms with Crippen LogP contribution in [-0.2, 0) is 0 Å². The highest BCUT2D eigenvalue weighted by Crippen LogP contribution is 2.27. The molecule has 1 aromatic carbocycles. The molecule has 3 aromatic rings. The Morgan fingerprint density at radius 1 is 1.08 bits per heavy atom. The molecule has 0 spiro atoms. The molecule has 0 saturated carbocycles. The van der Waals surface area contributed by atoms with Gasteiger partial charge in [0.1, 0.15) is 9.88 Å². The molecule has 2 amide bonds. The van der Waals surface area contributed by atoms with Gasteiger partial charge in [-0.3, -0.25) is 25.4 Å². The number of hydrazine groups is 1. The monoisotopic (exact) mass is 416 g/mol. The highest BCUT2D eigenvalue weighted by atomic mass is 79.9. The number of carbonyl (C=O) groups excluding carboxylic acids is 2. The highest BCUT2D eigenvalue weighted by molar-refractivity contribution is 9.10. The first kappa shape index (κ1) is 17.2. The molecule has 3 rings (SSSR count). The van der Waals surface area contributed by atoms with Crippen molar-refractivity contribution in [1.82, 2.24) is 20.8 Å². The number of hydrogen-bond donors (Lipinski definition) is 2. The van der Waals surface area contributed by atoms with Gasteiger partial charge in [0.05, 0.1) is 11.3 Å². The Morgan fingerprint density at radius 2 is 1.80 bits per heavy atom. The summed E-state index contributed by atoms with van der Waals surface area (Å²) in [5, 5.41) is 0.755. The topological polar surface area (TPSA) is 84.0 Å². The molecule has 0 unspecified atom stereocenters. The van der Waals surface area contributed by atoms with E-state index in [1.165, 1.54) is 17.5 Å². The van der Waals surface area contributed by atoms with Crippen molar-refractivity contribution in [1.29, 1.82) is 0 Å². The van der Waals surface area contributed by atoms with Gasteiger partial charge in [0.15, 0.2) is 0 Å². The summed E-state index contributed by atoms with van der Waals surface area (Å²) >= 11 is 4.52. The minimum Gasteiger partial charge on any atom is -0.267 e. The van der Waals surface area contributed by atoms with Gasteiger partial charge in [0, 0.05) is 22.4 Å². The van der Waals surface area contributed by atoms with Gasteiger partial charge in [0.2, 0.25) is 0 Å². The largest absolute Gasteiger partial charge is 0.281 e. The number of thiazole rings is 1. The number of carbonyl (C=O) groups is 2. The second-order valence-corrected chi connectivity index (χ2v) is 7.01. The molecule has 0 saturated heterocycles. The van der Waals surface area contributed by atoms with Crippen LogP contribution in [0, 0.1) is 6.92 Å². The minimum atomic E-state index is -0.451. The van der Waals surface area contributed by atoms with Crippen LogP contribution in [0.1, 0.15) is 25.7 Å². The van der Waals surface area contributed by atoms with Gasteiger partial charge in [-0.15, -0.1) is 11.3 Å². The van der Waals surface area contributed by atoms with Crippen LogP contribution < -0.4 is 10.9 Å². The third-order valence-electron chi connectivity index (χ3n) is 3.28. The average Bonchev–Trinajstić information content (AvgIpc) is 3.02. The number of benzene rings is 1. The smallest absolute Gasteiger partial charge is 0.267 e. The van der Waals surface area contributed by atoms with Crippen LogP contribution in [0.2, 0.25) is 0 Å². The number of amides is 2. The SMILES string of the molecule is Cc1nc(-c2ccccc2)sc1C(=O)NNC(=O)c1cncc(Br)c1. The average molecular weight is 417 g/mol. The van der Waals surface area contributed by atoms with Gasteiger partial charge in [-0.2, -0.15) is 0 Å². The Hall–Kier alpha value is -2.58. The van der Waals surface area contributed by atoms with Crippen LogP contribution in [0.15, 0.2) is 53.3 Å². The second kappa shape index (κ2) is 7.54. The van der Waals surface area contributed by atoms with E-state index in [4.69, 9.17) is 0 Å². The first-order valence-corrected chi connectivity index (χ1v) is 8.89. The van der Waals surface area contributed by atoms with Gasteiger partial charge in [0.25, 0.3) is 11.8 Å². The first-order valence-electron chi connectivity index (χ1n) is 7.28. The molecule has 0 radical (unpaired) electrons. The Bertz CT molecular complexity index is 927. The lowest BCUT2D eigenvalue weighted by Gasteiger charge is -2.06. The molecule has 2 N–H and O–H groups in total. The van der Waals surface area contributed by atoms with Crippen molar-refractivity contribution in [2.24, 2.45) is 0 Å². The zero-order valence-corrected chi connectivity index (χ0v) is 15.5. The third kappa shape index (κ3) is 4.09. The van der Waals surface area contributed by atoms with E-state index < -0.39 is 11.8 Å². The summed E-state index contributed by atoms with van der Waals surface area (Å²) in [4.78, 5) is 33.2. The number of nitrogens with zero attached hydrogens (tertiary/aromatic N) is 2. The molecular weight excluding hydrogens is 404 g/mol. The summed E-state index contributed by atoms with van der Waals surface area (Å²) in [6.07, 6.45) is 2.98. The molecule has 126 valence electrons. The van der Waals surface area contributed by atoms with Crippen LogP contribution in [-0.4, -0.2) is 21.8 Å². The highest BCUT2D eigenvalue weighted by Gasteiger charge is 2.17. The standard InChI is InChI=1S/C17H13BrN4O2S/c1-10-14(25-17(20-10)11-5-3-2-4-6-11)16(24)22-21-15(23)12-7-13(18)9-19-8-12/h2-9H,1H3,(H,21,23)(H,22,24). The van der Waals surface area contributed by atoms with Gasteiger partial charge in [-0.1, -0.05) is 30.3 Å². The van der Waals surface area contributed by atoms with Crippen molar-refractivity contribution in [3.8, 4) is 10.6 Å². The summed E-state index contributed by atoms with van der Waals surface area (Å²) in [6, 6.07) is 11.2. The molecule has 0 aliphatic heterocycles. The number of aryl methyl sites for hydroxylation is 1. The van der Waals surface area contributed by atoms with Gasteiger partial charge < -0.3 is 0 Å². The summed E-state index contributed by atoms with van der Waals surface area (Å²) in [7, 11) is 0. The molecule has 2 heterocycles. The molecule has 0 atom stereocenters. The normalized spacial score (nSPS) is 10.3. The molecule has 25 heavy (non-hydrogen) atoms. The van der Waals surface area contributed by atoms with E-state index in [-0.39, 0.29) is 0 Å². The number of nitrogens with one attached hydrogen (secondary N) is 2. The van der Waals surface area contributed by atoms with Gasteiger partial charge in [-0.05, 0) is 28.9 Å². The van der Waals surface area contributed by atoms with E-state index in [2.05, 4.69) is 36.7 Å². The maximum atomic E-state index is 12.3. The predicted molar refractivity (Wildman–Crippen MR) is 99.2 cm³/mol. The molecule has 6 nitrogen and oxygen atoms in total. The lowest BCUT2D eigenvalue weighted by molar-refractivity contribution is 0.0848. The zero-order valence-electron chi connectivity index (χ0n) is 13.1. The van der Waals surface area contributed by atoms with E-state index in [1.54, 1.807) is 19.2 Å². The van der Waals surface area contributed by atoms with E-state index in [9.17, 15) is 9.59 Å². The van der Waals surface area contributed by atoms with Crippen LogP contribution in [0.25, 0.3) is 10.6 Å². The van der Waals surface area contributed by atoms with E-state index in [0.717, 1.165) is 10.6 Å². The lowest BCUT2D eigenvalue weighted by atomic mass is 10.2.